The number of nitrogens with zero attached hydrogens (tertiary/aromatic N) is 7. The van der Waals surface area contributed by atoms with Crippen LogP contribution in [0.2, 0.25) is 0 Å². The molecule has 1 aromatic carbocycles. The van der Waals surface area contributed by atoms with Crippen LogP contribution < -0.4 is 10.3 Å². The van der Waals surface area contributed by atoms with E-state index in [9.17, 15) is 18.0 Å². The number of H-pyrrole nitrogens is 1. The largest absolute Gasteiger partial charge is 0.494 e. The average Bonchev–Trinajstić information content (AvgIpc) is 3.55. The van der Waals surface area contributed by atoms with Gasteiger partial charge in [-0.3, -0.25) is 9.78 Å². The Morgan fingerprint density at radius 2 is 1.98 bits per heavy atom. The summed E-state index contributed by atoms with van der Waals surface area (Å²) in [4.78, 5) is 40.8. The molecule has 1 aliphatic rings. The lowest BCUT2D eigenvalue weighted by Crippen LogP contribution is -2.44. The highest BCUT2D eigenvalue weighted by molar-refractivity contribution is 7.86. The zero-order valence-electron chi connectivity index (χ0n) is 22.2. The van der Waals surface area contributed by atoms with Gasteiger partial charge in [-0.15, -0.1) is 0 Å². The van der Waals surface area contributed by atoms with E-state index in [-0.39, 0.29) is 17.0 Å². The fourth-order valence-electron chi connectivity index (χ4n) is 4.38. The molecule has 0 aliphatic carbocycles. The van der Waals surface area contributed by atoms with Gasteiger partial charge in [-0.1, -0.05) is 12.1 Å². The summed E-state index contributed by atoms with van der Waals surface area (Å²) >= 11 is 0. The Labute approximate surface area is 230 Å². The minimum Gasteiger partial charge on any atom is -0.494 e. The molecule has 0 spiro atoms. The van der Waals surface area contributed by atoms with E-state index < -0.39 is 21.6 Å². The van der Waals surface area contributed by atoms with Crippen molar-refractivity contribution in [2.75, 3.05) is 52.6 Å². The lowest BCUT2D eigenvalue weighted by atomic mass is 10.2. The van der Waals surface area contributed by atoms with Crippen LogP contribution in [0.1, 0.15) is 22.3 Å². The first-order valence-electron chi connectivity index (χ1n) is 12.7. The molecular weight excluding hydrogens is 540 g/mol. The first-order chi connectivity index (χ1) is 19.1. The normalized spacial score (nSPS) is 14.9. The number of piperazine rings is 1. The van der Waals surface area contributed by atoms with Gasteiger partial charge in [0.15, 0.2) is 11.2 Å². The molecule has 1 aliphatic heterocycles. The van der Waals surface area contributed by atoms with E-state index in [1.807, 2.05) is 24.3 Å². The zero-order chi connectivity index (χ0) is 28.3. The lowest BCUT2D eigenvalue weighted by Gasteiger charge is -2.32. The topological polar surface area (TPSA) is 158 Å². The third-order valence-electron chi connectivity index (χ3n) is 6.46. The maximum atomic E-state index is 12.7. The smallest absolute Gasteiger partial charge is 0.356 e. The third-order valence-corrected chi connectivity index (χ3v) is 6.91. The van der Waals surface area contributed by atoms with Crippen LogP contribution >= 0.6 is 0 Å². The maximum absolute atomic E-state index is 12.7. The number of nitrogens with one attached hydrogen (secondary N) is 1. The van der Waals surface area contributed by atoms with Gasteiger partial charge in [0.2, 0.25) is 5.95 Å². The second kappa shape index (κ2) is 11.6. The number of carbonyl (C=O) groups is 1. The molecule has 4 heterocycles. The van der Waals surface area contributed by atoms with Crippen molar-refractivity contribution in [3.05, 3.63) is 64.5 Å². The molecule has 15 heteroatoms. The molecule has 212 valence electrons. The maximum Gasteiger partial charge on any atom is 0.356 e. The molecule has 3 aromatic heterocycles. The van der Waals surface area contributed by atoms with E-state index in [1.54, 1.807) is 4.57 Å². The van der Waals surface area contributed by atoms with Gasteiger partial charge >= 0.3 is 16.1 Å². The van der Waals surface area contributed by atoms with Crippen LogP contribution in [-0.2, 0) is 20.8 Å². The number of ether oxygens (including phenoxy) is 1. The van der Waals surface area contributed by atoms with Crippen molar-refractivity contribution < 1.29 is 22.1 Å². The standard InChI is InChI=1S/C25H30N8O6S/c1-30-8-10-31(11-9-30)7-4-12-38-20-6-3-5-18(13-20)15-32-17-26-21-22(32)28-25(29-23(21)34)33-16-19(14-27-33)24(35)39-40(2,36)37/h3,5-6,13-14,16-17H,4,7-12,15H2,1-2H3,(H,28,29,34). The molecule has 0 unspecified atom stereocenters. The fraction of sp³-hybridized carbons (Fsp3) is 0.400. The summed E-state index contributed by atoms with van der Waals surface area (Å²) in [7, 11) is -1.84. The summed E-state index contributed by atoms with van der Waals surface area (Å²) in [5, 5.41) is 4.00. The molecule has 0 radical (unpaired) electrons. The Hall–Kier alpha value is -4.08. The molecule has 1 saturated heterocycles. The highest BCUT2D eigenvalue weighted by Crippen LogP contribution is 2.17. The Kier molecular flexibility index (Phi) is 7.95. The molecular formula is C25H30N8O6S. The molecule has 1 N–H and O–H groups in total. The summed E-state index contributed by atoms with van der Waals surface area (Å²) in [6.45, 7) is 6.37. The number of hydrogen-bond acceptors (Lipinski definition) is 11. The first kappa shape index (κ1) is 27.5. The number of benzene rings is 1. The van der Waals surface area contributed by atoms with Crippen molar-refractivity contribution in [3.8, 4) is 11.7 Å². The number of hydrogen-bond donors (Lipinski definition) is 1. The number of likely N-dealkylation sites (N-methyl/N-ethyl adjacent to an activating group) is 1. The van der Waals surface area contributed by atoms with Gasteiger partial charge in [0, 0.05) is 38.9 Å². The number of aromatic nitrogens is 6. The summed E-state index contributed by atoms with van der Waals surface area (Å²) in [5.74, 6) is -0.310. The highest BCUT2D eigenvalue weighted by Gasteiger charge is 2.18. The number of fused-ring (bicyclic) bond motifs is 1. The van der Waals surface area contributed by atoms with E-state index in [0.717, 1.165) is 67.6 Å². The third kappa shape index (κ3) is 6.73. The van der Waals surface area contributed by atoms with Crippen molar-refractivity contribution in [1.29, 1.82) is 0 Å². The minimum absolute atomic E-state index is 0.0232. The van der Waals surface area contributed by atoms with Crippen molar-refractivity contribution in [2.24, 2.45) is 0 Å². The van der Waals surface area contributed by atoms with Gasteiger partial charge < -0.3 is 23.3 Å². The lowest BCUT2D eigenvalue weighted by molar-refractivity contribution is 0.0748. The summed E-state index contributed by atoms with van der Waals surface area (Å²) in [6.07, 6.45) is 5.56. The first-order valence-corrected chi connectivity index (χ1v) is 14.5. The molecule has 4 aromatic rings. The van der Waals surface area contributed by atoms with E-state index in [4.69, 9.17) is 4.74 Å². The number of aromatic amines is 1. The van der Waals surface area contributed by atoms with Crippen LogP contribution in [0.3, 0.4) is 0 Å². The van der Waals surface area contributed by atoms with Crippen LogP contribution in [0, 0.1) is 0 Å². The van der Waals surface area contributed by atoms with Crippen LogP contribution in [0.25, 0.3) is 17.1 Å². The van der Waals surface area contributed by atoms with Crippen molar-refractivity contribution in [1.82, 2.24) is 39.1 Å². The Balaban J connectivity index is 1.26. The summed E-state index contributed by atoms with van der Waals surface area (Å²) < 4.78 is 35.7. The molecule has 0 saturated carbocycles. The van der Waals surface area contributed by atoms with E-state index >= 15 is 0 Å². The monoisotopic (exact) mass is 570 g/mol. The number of carbonyl (C=O) groups excluding carboxylic acids is 1. The number of rotatable bonds is 10. The second-order valence-electron chi connectivity index (χ2n) is 9.68. The van der Waals surface area contributed by atoms with Gasteiger partial charge in [-0.05, 0) is 31.2 Å². The molecule has 5 rings (SSSR count). The molecule has 0 amide bonds. The van der Waals surface area contributed by atoms with Crippen molar-refractivity contribution in [3.63, 3.8) is 0 Å². The Bertz CT molecular complexity index is 1670. The van der Waals surface area contributed by atoms with Crippen molar-refractivity contribution >= 4 is 27.3 Å². The predicted molar refractivity (Wildman–Crippen MR) is 145 cm³/mol. The molecule has 14 nitrogen and oxygen atoms in total. The van der Waals surface area contributed by atoms with Gasteiger partial charge in [0.05, 0.1) is 37.5 Å². The molecule has 0 atom stereocenters. The van der Waals surface area contributed by atoms with Crippen LogP contribution in [0.4, 0.5) is 0 Å². The molecule has 0 bridgehead atoms. The van der Waals surface area contributed by atoms with Crippen molar-refractivity contribution in [2.45, 2.75) is 13.0 Å². The zero-order valence-corrected chi connectivity index (χ0v) is 23.0. The van der Waals surface area contributed by atoms with Crippen LogP contribution in [0.15, 0.2) is 47.8 Å². The molecule has 40 heavy (non-hydrogen) atoms. The average molecular weight is 571 g/mol. The van der Waals surface area contributed by atoms with Crippen LogP contribution in [0.5, 0.6) is 5.75 Å². The van der Waals surface area contributed by atoms with Gasteiger partial charge in [-0.2, -0.15) is 18.5 Å². The second-order valence-corrected chi connectivity index (χ2v) is 11.3. The Morgan fingerprint density at radius 3 is 2.75 bits per heavy atom. The minimum atomic E-state index is -3.99. The molecule has 1 fully saturated rings. The Morgan fingerprint density at radius 1 is 1.18 bits per heavy atom. The summed E-state index contributed by atoms with van der Waals surface area (Å²) in [5.41, 5.74) is 0.773. The van der Waals surface area contributed by atoms with Gasteiger partial charge in [-0.25, -0.2) is 14.5 Å². The van der Waals surface area contributed by atoms with Gasteiger partial charge in [0.25, 0.3) is 5.56 Å². The van der Waals surface area contributed by atoms with E-state index in [2.05, 4.69) is 41.1 Å². The van der Waals surface area contributed by atoms with E-state index in [0.29, 0.717) is 18.8 Å². The van der Waals surface area contributed by atoms with E-state index in [1.165, 1.54) is 12.5 Å². The summed E-state index contributed by atoms with van der Waals surface area (Å²) in [6, 6.07) is 7.72. The van der Waals surface area contributed by atoms with Gasteiger partial charge in [0.1, 0.15) is 5.75 Å². The SMILES string of the molecule is CN1CCN(CCCOc2cccc(Cn3cnc4c(=O)[nH]c(-n5cc(C(=O)OS(C)(=O)=O)cn5)nc43)c2)CC1. The fourth-order valence-corrected chi connectivity index (χ4v) is 4.75. The predicted octanol–water partition coefficient (Wildman–Crippen LogP) is 0.486. The highest BCUT2D eigenvalue weighted by atomic mass is 32.2. The quantitative estimate of drug-likeness (QED) is 0.209. The van der Waals surface area contributed by atoms with Crippen LogP contribution in [-0.4, -0.2) is 106 Å². The number of imidazole rings is 1.